The first-order valence-electron chi connectivity index (χ1n) is 16.0. The number of benzene rings is 7. The fourth-order valence-electron chi connectivity index (χ4n) is 7.14. The van der Waals surface area contributed by atoms with Crippen molar-refractivity contribution in [2.24, 2.45) is 0 Å². The number of aryl methyl sites for hydroxylation is 1. The molecule has 0 bridgehead atoms. The second-order valence-electron chi connectivity index (χ2n) is 12.7. The van der Waals surface area contributed by atoms with Crippen molar-refractivity contribution in [2.45, 2.75) is 58.3 Å². The first-order valence-corrected chi connectivity index (χ1v) is 16.0. The first kappa shape index (κ1) is 27.4. The summed E-state index contributed by atoms with van der Waals surface area (Å²) in [7, 11) is 0. The molecule has 0 radical (unpaired) electrons. The Bertz CT molecular complexity index is 2070. The highest BCUT2D eigenvalue weighted by Crippen LogP contribution is 2.45. The Kier molecular flexibility index (Phi) is 7.02. The summed E-state index contributed by atoms with van der Waals surface area (Å²) >= 11 is 0. The van der Waals surface area contributed by atoms with Crippen molar-refractivity contribution >= 4 is 43.1 Å². The van der Waals surface area contributed by atoms with Crippen LogP contribution in [0.15, 0.2) is 122 Å². The molecule has 0 aliphatic carbocycles. The third-order valence-electron chi connectivity index (χ3n) is 9.72. The monoisotopic (exact) mass is 556 g/mol. The lowest BCUT2D eigenvalue weighted by atomic mass is 9.83. The third kappa shape index (κ3) is 4.61. The molecule has 7 aromatic rings. The lowest BCUT2D eigenvalue weighted by molar-refractivity contribution is 0.667. The van der Waals surface area contributed by atoms with E-state index in [1.165, 1.54) is 102 Å². The zero-order chi connectivity index (χ0) is 29.6. The van der Waals surface area contributed by atoms with Gasteiger partial charge < -0.3 is 0 Å². The van der Waals surface area contributed by atoms with Gasteiger partial charge in [-0.3, -0.25) is 0 Å². The molecule has 0 aliphatic heterocycles. The quantitative estimate of drug-likeness (QED) is 0.0718. The Balaban J connectivity index is 1.42. The number of hydrogen-bond acceptors (Lipinski definition) is 0. The Hall–Kier alpha value is -4.42. The second-order valence-corrected chi connectivity index (χ2v) is 12.7. The molecular formula is C43H40. The fraction of sp³-hybridized carbons (Fsp3) is 0.209. The normalized spacial score (nSPS) is 12.2. The number of allylic oxidation sites excluding steroid dienone is 1. The van der Waals surface area contributed by atoms with E-state index >= 15 is 0 Å². The topological polar surface area (TPSA) is 0 Å². The largest absolute Gasteiger partial charge is 0.102 e. The zero-order valence-electron chi connectivity index (χ0n) is 25.7. The summed E-state index contributed by atoms with van der Waals surface area (Å²) in [5.41, 5.74) is 7.97. The van der Waals surface area contributed by atoms with E-state index in [0.717, 1.165) is 6.42 Å². The molecule has 0 saturated heterocycles. The van der Waals surface area contributed by atoms with Crippen LogP contribution in [0.2, 0.25) is 0 Å². The predicted octanol–water partition coefficient (Wildman–Crippen LogP) is 12.7. The van der Waals surface area contributed by atoms with Crippen molar-refractivity contribution in [1.82, 2.24) is 0 Å². The summed E-state index contributed by atoms with van der Waals surface area (Å²) in [4.78, 5) is 0. The van der Waals surface area contributed by atoms with Crippen LogP contribution in [0.4, 0.5) is 0 Å². The SMILES string of the molecule is C=CC(C)(C)c1ccc(-c2ccc3c4ccc(-c5ccccc5CCCCCC)c5cccc(c6cccc2c63)c54)cc1. The maximum absolute atomic E-state index is 4.04. The Morgan fingerprint density at radius 3 is 1.77 bits per heavy atom. The minimum Gasteiger partial charge on any atom is -0.102 e. The number of unbranched alkanes of at least 4 members (excludes halogenated alkanes) is 3. The molecule has 0 heteroatoms. The van der Waals surface area contributed by atoms with Gasteiger partial charge in [0.25, 0.3) is 0 Å². The molecule has 0 atom stereocenters. The van der Waals surface area contributed by atoms with Gasteiger partial charge in [0.2, 0.25) is 0 Å². The van der Waals surface area contributed by atoms with Crippen LogP contribution in [-0.2, 0) is 11.8 Å². The van der Waals surface area contributed by atoms with Crippen molar-refractivity contribution in [3.63, 3.8) is 0 Å². The van der Waals surface area contributed by atoms with E-state index in [1.807, 2.05) is 6.08 Å². The average molecular weight is 557 g/mol. The molecule has 0 aromatic heterocycles. The Morgan fingerprint density at radius 1 is 0.535 bits per heavy atom. The third-order valence-corrected chi connectivity index (χ3v) is 9.72. The van der Waals surface area contributed by atoms with Gasteiger partial charge in [-0.25, -0.2) is 0 Å². The van der Waals surface area contributed by atoms with Gasteiger partial charge in [0.05, 0.1) is 0 Å². The van der Waals surface area contributed by atoms with Crippen molar-refractivity contribution in [1.29, 1.82) is 0 Å². The van der Waals surface area contributed by atoms with Crippen LogP contribution < -0.4 is 0 Å². The smallest absolute Gasteiger partial charge is 0.00726 e. The van der Waals surface area contributed by atoms with E-state index in [9.17, 15) is 0 Å². The van der Waals surface area contributed by atoms with Gasteiger partial charge in [0.15, 0.2) is 0 Å². The van der Waals surface area contributed by atoms with Crippen LogP contribution >= 0.6 is 0 Å². The fourth-order valence-corrected chi connectivity index (χ4v) is 7.14. The molecule has 0 saturated carbocycles. The number of fused-ring (bicyclic) bond motifs is 2. The van der Waals surface area contributed by atoms with Gasteiger partial charge in [-0.05, 0) is 89.3 Å². The molecule has 0 fully saturated rings. The molecule has 0 nitrogen and oxygen atoms in total. The molecular weight excluding hydrogens is 516 g/mol. The van der Waals surface area contributed by atoms with Crippen LogP contribution in [0, 0.1) is 0 Å². The van der Waals surface area contributed by atoms with Gasteiger partial charge in [-0.2, -0.15) is 0 Å². The summed E-state index contributed by atoms with van der Waals surface area (Å²) in [5, 5.41) is 10.8. The highest BCUT2D eigenvalue weighted by atomic mass is 14.2. The van der Waals surface area contributed by atoms with E-state index in [4.69, 9.17) is 0 Å². The van der Waals surface area contributed by atoms with Gasteiger partial charge in [0, 0.05) is 5.41 Å². The molecule has 0 heterocycles. The first-order chi connectivity index (χ1) is 21.0. The van der Waals surface area contributed by atoms with E-state index in [-0.39, 0.29) is 5.41 Å². The summed E-state index contributed by atoms with van der Waals surface area (Å²) in [6, 6.07) is 41.3. The summed E-state index contributed by atoms with van der Waals surface area (Å²) in [5.74, 6) is 0. The van der Waals surface area contributed by atoms with E-state index in [2.05, 4.69) is 137 Å². The molecule has 0 unspecified atom stereocenters. The molecule has 0 spiro atoms. The summed E-state index contributed by atoms with van der Waals surface area (Å²) in [6.07, 6.45) is 8.30. The van der Waals surface area contributed by atoms with E-state index in [1.54, 1.807) is 0 Å². The van der Waals surface area contributed by atoms with E-state index < -0.39 is 0 Å². The Labute approximate surface area is 256 Å². The van der Waals surface area contributed by atoms with Crippen LogP contribution in [0.25, 0.3) is 65.3 Å². The zero-order valence-corrected chi connectivity index (χ0v) is 25.7. The molecule has 0 N–H and O–H groups in total. The lowest BCUT2D eigenvalue weighted by Crippen LogP contribution is -2.12. The molecule has 43 heavy (non-hydrogen) atoms. The second kappa shape index (κ2) is 11.0. The predicted molar refractivity (Wildman–Crippen MR) is 190 cm³/mol. The van der Waals surface area contributed by atoms with Crippen LogP contribution in [0.1, 0.15) is 57.6 Å². The van der Waals surface area contributed by atoms with Crippen molar-refractivity contribution < 1.29 is 0 Å². The molecule has 0 amide bonds. The van der Waals surface area contributed by atoms with E-state index in [0.29, 0.717) is 0 Å². The minimum absolute atomic E-state index is 0.0464. The summed E-state index contributed by atoms with van der Waals surface area (Å²) in [6.45, 7) is 10.8. The molecule has 212 valence electrons. The van der Waals surface area contributed by atoms with Gasteiger partial charge in [-0.1, -0.05) is 155 Å². The Morgan fingerprint density at radius 2 is 1.12 bits per heavy atom. The highest BCUT2D eigenvalue weighted by molar-refractivity contribution is 6.35. The van der Waals surface area contributed by atoms with Gasteiger partial charge >= 0.3 is 0 Å². The van der Waals surface area contributed by atoms with Crippen molar-refractivity contribution in [2.75, 3.05) is 0 Å². The minimum atomic E-state index is -0.0464. The lowest BCUT2D eigenvalue weighted by Gasteiger charge is -2.21. The number of rotatable bonds is 9. The maximum Gasteiger partial charge on any atom is 0.00726 e. The van der Waals surface area contributed by atoms with Gasteiger partial charge in [-0.15, -0.1) is 6.58 Å². The molecule has 7 aromatic carbocycles. The summed E-state index contributed by atoms with van der Waals surface area (Å²) < 4.78 is 0. The number of hydrogen-bond donors (Lipinski definition) is 0. The maximum atomic E-state index is 4.04. The van der Waals surface area contributed by atoms with Crippen LogP contribution in [0.5, 0.6) is 0 Å². The van der Waals surface area contributed by atoms with Crippen molar-refractivity contribution in [3.05, 3.63) is 133 Å². The van der Waals surface area contributed by atoms with Crippen molar-refractivity contribution in [3.8, 4) is 22.3 Å². The molecule has 7 rings (SSSR count). The highest BCUT2D eigenvalue weighted by Gasteiger charge is 2.19. The van der Waals surface area contributed by atoms with Crippen LogP contribution in [0.3, 0.4) is 0 Å². The molecule has 0 aliphatic rings. The van der Waals surface area contributed by atoms with Crippen LogP contribution in [-0.4, -0.2) is 0 Å². The average Bonchev–Trinajstić information content (AvgIpc) is 3.05. The van der Waals surface area contributed by atoms with Gasteiger partial charge in [0.1, 0.15) is 0 Å². The standard InChI is InChI=1S/C43H40/c1-5-7-8-9-14-29-15-10-11-16-32(29)34-26-28-40-39-27-25-33(30-21-23-31(24-22-30)43(3,4)6-2)35-17-12-19-37(41(35)39)38-20-13-18-36(34)42(38)40/h6,10-13,15-28H,2,5,7-9,14H2,1,3-4H3.